The summed E-state index contributed by atoms with van der Waals surface area (Å²) < 4.78 is 7.49. The zero-order valence-corrected chi connectivity index (χ0v) is 16.7. The molecule has 1 aromatic heterocycles. The van der Waals surface area contributed by atoms with E-state index in [1.54, 1.807) is 30.5 Å². The molecule has 0 fully saturated rings. The van der Waals surface area contributed by atoms with Crippen LogP contribution in [0.15, 0.2) is 41.3 Å². The molecule has 0 aliphatic heterocycles. The van der Waals surface area contributed by atoms with Crippen molar-refractivity contribution in [1.29, 1.82) is 0 Å². The van der Waals surface area contributed by atoms with Crippen molar-refractivity contribution in [3.63, 3.8) is 0 Å². The average molecular weight is 385 g/mol. The molecule has 1 heterocycles. The molecule has 0 unspecified atom stereocenters. The second kappa shape index (κ2) is 9.73. The molecule has 2 rings (SSSR count). The van der Waals surface area contributed by atoms with Crippen molar-refractivity contribution in [1.82, 2.24) is 4.57 Å². The van der Waals surface area contributed by atoms with Gasteiger partial charge in [0.1, 0.15) is 0 Å². The molecule has 7 heteroatoms. The number of hydrogen-bond acceptors (Lipinski definition) is 4. The summed E-state index contributed by atoms with van der Waals surface area (Å²) in [6, 6.07) is 8.25. The van der Waals surface area contributed by atoms with Gasteiger partial charge in [-0.1, -0.05) is 19.9 Å². The summed E-state index contributed by atoms with van der Waals surface area (Å²) in [5, 5.41) is 5.35. The summed E-state index contributed by atoms with van der Waals surface area (Å²) in [6.07, 6.45) is 2.73. The van der Waals surface area contributed by atoms with Crippen LogP contribution in [-0.4, -0.2) is 23.0 Å². The number of aromatic nitrogens is 1. The summed E-state index contributed by atoms with van der Waals surface area (Å²) in [4.78, 5) is 35.5. The highest BCUT2D eigenvalue weighted by Gasteiger charge is 2.12. The fourth-order valence-electron chi connectivity index (χ4n) is 2.68. The summed E-state index contributed by atoms with van der Waals surface area (Å²) in [5.74, 6) is 0.145. The van der Waals surface area contributed by atoms with Crippen LogP contribution in [0.25, 0.3) is 0 Å². The molecule has 0 spiro atoms. The molecule has 0 radical (unpaired) electrons. The molecule has 0 saturated heterocycles. The van der Waals surface area contributed by atoms with E-state index >= 15 is 0 Å². The van der Waals surface area contributed by atoms with Gasteiger partial charge in [0, 0.05) is 37.1 Å². The van der Waals surface area contributed by atoms with Crippen LogP contribution in [-0.2, 0) is 16.1 Å². The third kappa shape index (κ3) is 6.26. The van der Waals surface area contributed by atoms with Gasteiger partial charge in [0.05, 0.1) is 5.69 Å². The van der Waals surface area contributed by atoms with E-state index in [0.717, 1.165) is 13.0 Å². The second-order valence-corrected chi connectivity index (χ2v) is 7.07. The lowest BCUT2D eigenvalue weighted by molar-refractivity contribution is -0.118. The molecule has 28 heavy (non-hydrogen) atoms. The number of pyridine rings is 1. The summed E-state index contributed by atoms with van der Waals surface area (Å²) >= 11 is 0. The van der Waals surface area contributed by atoms with Gasteiger partial charge in [-0.25, -0.2) is 0 Å². The SMILES string of the molecule is CC(=O)Nc1cccc(NC(=O)COc2c(C)n(CCC(C)C)ccc2=O)c1. The number of carbonyl (C=O) groups excluding carboxylic acids is 2. The first-order valence-corrected chi connectivity index (χ1v) is 9.26. The number of ether oxygens (including phenoxy) is 1. The molecule has 150 valence electrons. The highest BCUT2D eigenvalue weighted by molar-refractivity contribution is 5.94. The van der Waals surface area contributed by atoms with Crippen molar-refractivity contribution < 1.29 is 14.3 Å². The van der Waals surface area contributed by atoms with Crippen molar-refractivity contribution in [2.45, 2.75) is 40.7 Å². The Balaban J connectivity index is 2.02. The highest BCUT2D eigenvalue weighted by Crippen LogP contribution is 2.16. The number of nitrogens with zero attached hydrogens (tertiary/aromatic N) is 1. The monoisotopic (exact) mass is 385 g/mol. The molecule has 1 aromatic carbocycles. The fourth-order valence-corrected chi connectivity index (χ4v) is 2.68. The fraction of sp³-hybridized carbons (Fsp3) is 0.381. The molecule has 7 nitrogen and oxygen atoms in total. The van der Waals surface area contributed by atoms with Gasteiger partial charge >= 0.3 is 0 Å². The van der Waals surface area contributed by atoms with Gasteiger partial charge in [0.15, 0.2) is 12.4 Å². The summed E-state index contributed by atoms with van der Waals surface area (Å²) in [5.41, 5.74) is 1.56. The second-order valence-electron chi connectivity index (χ2n) is 7.07. The van der Waals surface area contributed by atoms with Gasteiger partial charge in [-0.05, 0) is 37.5 Å². The van der Waals surface area contributed by atoms with Crippen molar-refractivity contribution >= 4 is 23.2 Å². The van der Waals surface area contributed by atoms with Crippen LogP contribution in [0, 0.1) is 12.8 Å². The van der Waals surface area contributed by atoms with Crippen LogP contribution >= 0.6 is 0 Å². The number of amides is 2. The zero-order chi connectivity index (χ0) is 20.7. The average Bonchev–Trinajstić information content (AvgIpc) is 2.60. The quantitative estimate of drug-likeness (QED) is 0.730. The third-order valence-corrected chi connectivity index (χ3v) is 4.15. The van der Waals surface area contributed by atoms with E-state index in [4.69, 9.17) is 4.74 Å². The predicted octanol–water partition coefficient (Wildman–Crippen LogP) is 3.18. The van der Waals surface area contributed by atoms with Crippen LogP contribution < -0.4 is 20.8 Å². The van der Waals surface area contributed by atoms with Crippen molar-refractivity contribution in [3.05, 3.63) is 52.4 Å². The Kier molecular flexibility index (Phi) is 7.37. The maximum atomic E-state index is 12.2. The third-order valence-electron chi connectivity index (χ3n) is 4.15. The summed E-state index contributed by atoms with van der Waals surface area (Å²) in [7, 11) is 0. The molecule has 0 aliphatic carbocycles. The van der Waals surface area contributed by atoms with E-state index in [9.17, 15) is 14.4 Å². The number of rotatable bonds is 8. The van der Waals surface area contributed by atoms with E-state index in [-0.39, 0.29) is 23.7 Å². The van der Waals surface area contributed by atoms with Crippen molar-refractivity contribution in [3.8, 4) is 5.75 Å². The normalized spacial score (nSPS) is 10.6. The van der Waals surface area contributed by atoms with E-state index in [0.29, 0.717) is 23.0 Å². The number of benzene rings is 1. The molecule has 0 atom stereocenters. The van der Waals surface area contributed by atoms with Gasteiger partial charge in [-0.15, -0.1) is 0 Å². The summed E-state index contributed by atoms with van der Waals surface area (Å²) in [6.45, 7) is 8.00. The number of anilines is 2. The molecule has 2 amide bonds. The highest BCUT2D eigenvalue weighted by atomic mass is 16.5. The Morgan fingerprint density at radius 3 is 2.46 bits per heavy atom. The first kappa shape index (κ1) is 21.2. The van der Waals surface area contributed by atoms with E-state index in [1.807, 2.05) is 11.5 Å². The molecule has 0 aliphatic rings. The van der Waals surface area contributed by atoms with E-state index in [2.05, 4.69) is 24.5 Å². The zero-order valence-electron chi connectivity index (χ0n) is 16.7. The molecule has 2 aromatic rings. The minimum atomic E-state index is -0.392. The first-order chi connectivity index (χ1) is 13.3. The number of carbonyl (C=O) groups is 2. The molecule has 0 bridgehead atoms. The molecule has 0 saturated carbocycles. The van der Waals surface area contributed by atoms with E-state index < -0.39 is 5.91 Å². The Morgan fingerprint density at radius 1 is 1.14 bits per heavy atom. The largest absolute Gasteiger partial charge is 0.478 e. The Hall–Kier alpha value is -3.09. The topological polar surface area (TPSA) is 89.4 Å². The lowest BCUT2D eigenvalue weighted by Crippen LogP contribution is -2.24. The maximum Gasteiger partial charge on any atom is 0.262 e. The standard InChI is InChI=1S/C21H27N3O4/c1-14(2)8-10-24-11-9-19(26)21(15(24)3)28-13-20(27)23-18-7-5-6-17(12-18)22-16(4)25/h5-7,9,11-12,14H,8,10,13H2,1-4H3,(H,22,25)(H,23,27). The van der Waals surface area contributed by atoms with Crippen LogP contribution in [0.1, 0.15) is 32.9 Å². The molecular formula is C21H27N3O4. The van der Waals surface area contributed by atoms with Gasteiger partial charge in [-0.2, -0.15) is 0 Å². The van der Waals surface area contributed by atoms with Crippen LogP contribution in [0.5, 0.6) is 5.75 Å². The van der Waals surface area contributed by atoms with Crippen LogP contribution in [0.4, 0.5) is 11.4 Å². The van der Waals surface area contributed by atoms with Gasteiger partial charge in [-0.3, -0.25) is 14.4 Å². The van der Waals surface area contributed by atoms with Gasteiger partial charge < -0.3 is 19.9 Å². The Morgan fingerprint density at radius 2 is 1.82 bits per heavy atom. The van der Waals surface area contributed by atoms with Crippen molar-refractivity contribution in [2.24, 2.45) is 5.92 Å². The number of hydrogen-bond donors (Lipinski definition) is 2. The minimum Gasteiger partial charge on any atom is -0.478 e. The van der Waals surface area contributed by atoms with Crippen LogP contribution in [0.2, 0.25) is 0 Å². The lowest BCUT2D eigenvalue weighted by atomic mass is 10.1. The van der Waals surface area contributed by atoms with Gasteiger partial charge in [0.2, 0.25) is 11.3 Å². The van der Waals surface area contributed by atoms with E-state index in [1.165, 1.54) is 13.0 Å². The smallest absolute Gasteiger partial charge is 0.262 e. The number of aryl methyl sites for hydroxylation is 1. The Bertz CT molecular complexity index is 903. The molecular weight excluding hydrogens is 358 g/mol. The number of nitrogens with one attached hydrogen (secondary N) is 2. The maximum absolute atomic E-state index is 12.2. The molecule has 2 N–H and O–H groups in total. The van der Waals surface area contributed by atoms with Crippen LogP contribution in [0.3, 0.4) is 0 Å². The Labute approximate surface area is 164 Å². The van der Waals surface area contributed by atoms with Gasteiger partial charge in [0.25, 0.3) is 5.91 Å². The predicted molar refractivity (Wildman–Crippen MR) is 110 cm³/mol. The lowest BCUT2D eigenvalue weighted by Gasteiger charge is -2.15. The first-order valence-electron chi connectivity index (χ1n) is 9.26. The van der Waals surface area contributed by atoms with Crippen molar-refractivity contribution in [2.75, 3.05) is 17.2 Å². The minimum absolute atomic E-state index is 0.188.